The summed E-state index contributed by atoms with van der Waals surface area (Å²) in [7, 11) is 1.71. The monoisotopic (exact) mass is 359 g/mol. The number of benzene rings is 2. The van der Waals surface area contributed by atoms with Crippen LogP contribution in [0, 0.1) is 0 Å². The maximum atomic E-state index is 5.26. The van der Waals surface area contributed by atoms with Crippen LogP contribution in [0.4, 0.5) is 0 Å². The molecule has 0 radical (unpaired) electrons. The third kappa shape index (κ3) is 3.21. The molecule has 0 N–H and O–H groups in total. The molecule has 2 atom stereocenters. The van der Waals surface area contributed by atoms with Gasteiger partial charge in [0.15, 0.2) is 0 Å². The van der Waals surface area contributed by atoms with E-state index in [0.29, 0.717) is 12.1 Å². The highest BCUT2D eigenvalue weighted by atomic mass is 79.9. The van der Waals surface area contributed by atoms with Crippen molar-refractivity contribution in [2.24, 2.45) is 0 Å². The van der Waals surface area contributed by atoms with Crippen LogP contribution in [0.5, 0.6) is 5.75 Å². The average Bonchev–Trinajstić information content (AvgIpc) is 3.04. The first-order valence-electron chi connectivity index (χ1n) is 7.84. The SMILES string of the molecule is COc1ccc([C@H](C)N2CCC[C@@H]2c2cccc(Br)c2)cc1. The summed E-state index contributed by atoms with van der Waals surface area (Å²) in [5, 5.41) is 0. The van der Waals surface area contributed by atoms with Crippen molar-refractivity contribution in [2.45, 2.75) is 31.8 Å². The summed E-state index contributed by atoms with van der Waals surface area (Å²) in [4.78, 5) is 2.61. The van der Waals surface area contributed by atoms with Gasteiger partial charge in [0, 0.05) is 16.6 Å². The van der Waals surface area contributed by atoms with Gasteiger partial charge in [-0.05, 0) is 61.7 Å². The second-order valence-corrected chi connectivity index (χ2v) is 6.82. The molecule has 1 saturated heterocycles. The maximum Gasteiger partial charge on any atom is 0.118 e. The standard InChI is InChI=1S/C19H22BrNO/c1-14(15-8-10-18(22-2)11-9-15)21-12-4-7-19(21)16-5-3-6-17(20)13-16/h3,5-6,8-11,13-14,19H,4,7,12H2,1-2H3/t14-,19+/m0/s1. The van der Waals surface area contributed by atoms with E-state index in [9.17, 15) is 0 Å². The first-order chi connectivity index (χ1) is 10.7. The Morgan fingerprint density at radius 2 is 1.95 bits per heavy atom. The fraction of sp³-hybridized carbons (Fsp3) is 0.368. The minimum Gasteiger partial charge on any atom is -0.497 e. The van der Waals surface area contributed by atoms with Crippen molar-refractivity contribution in [3.63, 3.8) is 0 Å². The molecule has 0 aliphatic carbocycles. The van der Waals surface area contributed by atoms with Crippen molar-refractivity contribution in [1.29, 1.82) is 0 Å². The summed E-state index contributed by atoms with van der Waals surface area (Å²) in [5.74, 6) is 0.918. The molecule has 1 aliphatic heterocycles. The summed E-state index contributed by atoms with van der Waals surface area (Å²) in [6, 6.07) is 18.1. The number of halogens is 1. The summed E-state index contributed by atoms with van der Waals surface area (Å²) in [5.41, 5.74) is 2.76. The lowest BCUT2D eigenvalue weighted by Gasteiger charge is -2.31. The molecule has 0 bridgehead atoms. The highest BCUT2D eigenvalue weighted by Gasteiger charge is 2.30. The average molecular weight is 360 g/mol. The molecule has 1 aliphatic rings. The quantitative estimate of drug-likeness (QED) is 0.728. The molecular weight excluding hydrogens is 338 g/mol. The Labute approximate surface area is 141 Å². The van der Waals surface area contributed by atoms with Crippen LogP contribution in [0.25, 0.3) is 0 Å². The van der Waals surface area contributed by atoms with Crippen LogP contribution in [0.3, 0.4) is 0 Å². The van der Waals surface area contributed by atoms with E-state index in [1.165, 1.54) is 24.0 Å². The first-order valence-corrected chi connectivity index (χ1v) is 8.63. The lowest BCUT2D eigenvalue weighted by molar-refractivity contribution is 0.194. The zero-order chi connectivity index (χ0) is 15.5. The summed E-state index contributed by atoms with van der Waals surface area (Å²) < 4.78 is 6.42. The third-order valence-electron chi connectivity index (χ3n) is 4.62. The van der Waals surface area contributed by atoms with Gasteiger partial charge in [-0.3, -0.25) is 4.90 Å². The van der Waals surface area contributed by atoms with Crippen molar-refractivity contribution in [3.8, 4) is 5.75 Å². The van der Waals surface area contributed by atoms with Crippen LogP contribution in [0.1, 0.15) is 43.0 Å². The molecule has 3 rings (SSSR count). The van der Waals surface area contributed by atoms with Gasteiger partial charge in [-0.15, -0.1) is 0 Å². The van der Waals surface area contributed by atoms with Crippen molar-refractivity contribution in [3.05, 3.63) is 64.1 Å². The number of nitrogens with zero attached hydrogens (tertiary/aromatic N) is 1. The van der Waals surface area contributed by atoms with E-state index in [0.717, 1.165) is 16.8 Å². The number of hydrogen-bond acceptors (Lipinski definition) is 2. The Balaban J connectivity index is 1.82. The molecule has 0 unspecified atom stereocenters. The topological polar surface area (TPSA) is 12.5 Å². The molecule has 3 heteroatoms. The number of rotatable bonds is 4. The number of ether oxygens (including phenoxy) is 1. The van der Waals surface area contributed by atoms with E-state index in [4.69, 9.17) is 4.74 Å². The number of likely N-dealkylation sites (tertiary alicyclic amines) is 1. The van der Waals surface area contributed by atoms with Crippen LogP contribution in [0.15, 0.2) is 53.0 Å². The van der Waals surface area contributed by atoms with Crippen LogP contribution in [-0.2, 0) is 0 Å². The van der Waals surface area contributed by atoms with E-state index >= 15 is 0 Å². The highest BCUT2D eigenvalue weighted by molar-refractivity contribution is 9.10. The molecule has 1 fully saturated rings. The normalized spacial score (nSPS) is 20.0. The highest BCUT2D eigenvalue weighted by Crippen LogP contribution is 2.39. The maximum absolute atomic E-state index is 5.26. The number of methoxy groups -OCH3 is 1. The lowest BCUT2D eigenvalue weighted by Crippen LogP contribution is -2.26. The minimum atomic E-state index is 0.414. The molecule has 2 aromatic carbocycles. The number of hydrogen-bond donors (Lipinski definition) is 0. The zero-order valence-corrected chi connectivity index (χ0v) is 14.7. The van der Waals surface area contributed by atoms with Crippen molar-refractivity contribution in [2.75, 3.05) is 13.7 Å². The predicted octanol–water partition coefficient (Wildman–Crippen LogP) is 5.36. The Morgan fingerprint density at radius 1 is 1.18 bits per heavy atom. The van der Waals surface area contributed by atoms with Gasteiger partial charge in [-0.2, -0.15) is 0 Å². The van der Waals surface area contributed by atoms with E-state index in [1.807, 2.05) is 0 Å². The van der Waals surface area contributed by atoms with Crippen LogP contribution >= 0.6 is 15.9 Å². The van der Waals surface area contributed by atoms with Gasteiger partial charge in [0.2, 0.25) is 0 Å². The summed E-state index contributed by atoms with van der Waals surface area (Å²) in [6.45, 7) is 3.46. The molecule has 2 aromatic rings. The van der Waals surface area contributed by atoms with Crippen molar-refractivity contribution < 1.29 is 4.74 Å². The fourth-order valence-electron chi connectivity index (χ4n) is 3.40. The van der Waals surface area contributed by atoms with Gasteiger partial charge < -0.3 is 4.74 Å². The molecule has 0 saturated carbocycles. The summed E-state index contributed by atoms with van der Waals surface area (Å²) in [6.07, 6.45) is 2.49. The van der Waals surface area contributed by atoms with Crippen molar-refractivity contribution in [1.82, 2.24) is 4.90 Å². The molecule has 0 spiro atoms. The van der Waals surface area contributed by atoms with Gasteiger partial charge >= 0.3 is 0 Å². The third-order valence-corrected chi connectivity index (χ3v) is 5.12. The van der Waals surface area contributed by atoms with Crippen LogP contribution in [0.2, 0.25) is 0 Å². The van der Waals surface area contributed by atoms with Gasteiger partial charge in [-0.1, -0.05) is 40.2 Å². The second kappa shape index (κ2) is 6.84. The van der Waals surface area contributed by atoms with E-state index < -0.39 is 0 Å². The molecule has 22 heavy (non-hydrogen) atoms. The lowest BCUT2D eigenvalue weighted by atomic mass is 10.0. The Morgan fingerprint density at radius 3 is 2.64 bits per heavy atom. The molecule has 116 valence electrons. The van der Waals surface area contributed by atoms with Crippen LogP contribution in [-0.4, -0.2) is 18.6 Å². The van der Waals surface area contributed by atoms with Gasteiger partial charge in [0.05, 0.1) is 7.11 Å². The first kappa shape index (κ1) is 15.6. The zero-order valence-electron chi connectivity index (χ0n) is 13.1. The van der Waals surface area contributed by atoms with E-state index in [2.05, 4.69) is 76.3 Å². The van der Waals surface area contributed by atoms with E-state index in [1.54, 1.807) is 7.11 Å². The van der Waals surface area contributed by atoms with Crippen LogP contribution < -0.4 is 4.74 Å². The second-order valence-electron chi connectivity index (χ2n) is 5.90. The molecule has 0 aromatic heterocycles. The molecule has 2 nitrogen and oxygen atoms in total. The largest absolute Gasteiger partial charge is 0.497 e. The summed E-state index contributed by atoms with van der Waals surface area (Å²) >= 11 is 3.59. The minimum absolute atomic E-state index is 0.414. The Bertz CT molecular complexity index is 626. The molecular formula is C19H22BrNO. The predicted molar refractivity (Wildman–Crippen MR) is 94.2 cm³/mol. The molecule has 0 amide bonds. The Hall–Kier alpha value is -1.32. The van der Waals surface area contributed by atoms with Gasteiger partial charge in [0.25, 0.3) is 0 Å². The fourth-order valence-corrected chi connectivity index (χ4v) is 3.82. The Kier molecular flexibility index (Phi) is 4.84. The molecule has 1 heterocycles. The van der Waals surface area contributed by atoms with Crippen molar-refractivity contribution >= 4 is 15.9 Å². The smallest absolute Gasteiger partial charge is 0.118 e. The van der Waals surface area contributed by atoms with E-state index in [-0.39, 0.29) is 0 Å². The van der Waals surface area contributed by atoms with Gasteiger partial charge in [0.1, 0.15) is 5.75 Å². The van der Waals surface area contributed by atoms with Gasteiger partial charge in [-0.25, -0.2) is 0 Å².